The molecule has 7 heteroatoms. The fourth-order valence-electron chi connectivity index (χ4n) is 2.73. The summed E-state index contributed by atoms with van der Waals surface area (Å²) in [6.45, 7) is 0.678. The normalized spacial score (nSPS) is 10.3. The van der Waals surface area contributed by atoms with Crippen molar-refractivity contribution >= 4 is 23.2 Å². The van der Waals surface area contributed by atoms with Gasteiger partial charge >= 0.3 is 0 Å². The van der Waals surface area contributed by atoms with E-state index in [1.165, 1.54) is 12.4 Å². The fraction of sp³-hybridized carbons (Fsp3) is 0.227. The number of aromatic nitrogens is 2. The van der Waals surface area contributed by atoms with Crippen molar-refractivity contribution in [2.24, 2.45) is 0 Å². The Morgan fingerprint density at radius 2 is 1.79 bits per heavy atom. The van der Waals surface area contributed by atoms with Crippen LogP contribution in [0.25, 0.3) is 0 Å². The zero-order chi connectivity index (χ0) is 20.6. The minimum absolute atomic E-state index is 0.245. The second kappa shape index (κ2) is 9.54. The summed E-state index contributed by atoms with van der Waals surface area (Å²) in [5, 5.41) is 6.01. The van der Waals surface area contributed by atoms with Crippen LogP contribution in [0.3, 0.4) is 0 Å². The van der Waals surface area contributed by atoms with Crippen molar-refractivity contribution in [1.82, 2.24) is 9.97 Å². The van der Waals surface area contributed by atoms with E-state index in [0.29, 0.717) is 18.1 Å². The largest absolute Gasteiger partial charge is 0.497 e. The molecule has 0 unspecified atom stereocenters. The van der Waals surface area contributed by atoms with E-state index < -0.39 is 0 Å². The summed E-state index contributed by atoms with van der Waals surface area (Å²) in [5.74, 6) is 1.08. The van der Waals surface area contributed by atoms with Crippen LogP contribution in [0.4, 0.5) is 17.3 Å². The average Bonchev–Trinajstić information content (AvgIpc) is 2.74. The third-order valence-electron chi connectivity index (χ3n) is 4.39. The fourth-order valence-corrected chi connectivity index (χ4v) is 2.73. The van der Waals surface area contributed by atoms with E-state index >= 15 is 0 Å². The number of hydrogen-bond acceptors (Lipinski definition) is 6. The summed E-state index contributed by atoms with van der Waals surface area (Å²) in [4.78, 5) is 22.8. The van der Waals surface area contributed by atoms with Gasteiger partial charge < -0.3 is 20.3 Å². The number of anilines is 3. The van der Waals surface area contributed by atoms with Crippen molar-refractivity contribution in [2.75, 3.05) is 43.3 Å². The van der Waals surface area contributed by atoms with Gasteiger partial charge in [0.1, 0.15) is 5.75 Å². The van der Waals surface area contributed by atoms with Crippen molar-refractivity contribution in [1.29, 1.82) is 0 Å². The molecule has 0 radical (unpaired) electrons. The van der Waals surface area contributed by atoms with Crippen LogP contribution >= 0.6 is 0 Å². The molecular formula is C22H25N5O2. The molecule has 0 aliphatic carbocycles. The second-order valence-corrected chi connectivity index (χ2v) is 6.72. The molecule has 1 heterocycles. The van der Waals surface area contributed by atoms with Gasteiger partial charge in [0, 0.05) is 44.4 Å². The van der Waals surface area contributed by atoms with Gasteiger partial charge in [-0.3, -0.25) is 4.79 Å². The summed E-state index contributed by atoms with van der Waals surface area (Å²) >= 11 is 0. The lowest BCUT2D eigenvalue weighted by atomic mass is 10.1. The minimum Gasteiger partial charge on any atom is -0.497 e. The highest BCUT2D eigenvalue weighted by atomic mass is 16.5. The van der Waals surface area contributed by atoms with Crippen molar-refractivity contribution in [3.8, 4) is 5.75 Å². The molecule has 1 aromatic heterocycles. The zero-order valence-corrected chi connectivity index (χ0v) is 16.8. The Kier molecular flexibility index (Phi) is 6.63. The highest BCUT2D eigenvalue weighted by Crippen LogP contribution is 2.16. The van der Waals surface area contributed by atoms with E-state index in [-0.39, 0.29) is 5.91 Å². The molecular weight excluding hydrogens is 366 g/mol. The summed E-state index contributed by atoms with van der Waals surface area (Å²) in [6, 6.07) is 15.5. The van der Waals surface area contributed by atoms with Crippen LogP contribution in [-0.2, 0) is 6.42 Å². The molecule has 7 nitrogen and oxygen atoms in total. The number of carbonyl (C=O) groups excluding carboxylic acids is 1. The van der Waals surface area contributed by atoms with E-state index in [9.17, 15) is 4.79 Å². The first-order valence-electron chi connectivity index (χ1n) is 9.33. The van der Waals surface area contributed by atoms with Crippen LogP contribution in [0, 0.1) is 0 Å². The monoisotopic (exact) mass is 391 g/mol. The molecule has 0 saturated carbocycles. The molecule has 3 aromatic rings. The number of ether oxygens (including phenoxy) is 1. The number of amides is 1. The standard InChI is InChI=1S/C22H25N5O2/c1-27(2)19-9-7-18(8-10-19)26-21(28)17-14-24-22(25-15-17)23-12-11-16-5-4-6-20(13-16)29-3/h4-10,13-15H,11-12H2,1-3H3,(H,26,28)(H,23,24,25). The van der Waals surface area contributed by atoms with Gasteiger partial charge in [-0.25, -0.2) is 9.97 Å². The number of carbonyl (C=O) groups is 1. The predicted octanol–water partition coefficient (Wildman–Crippen LogP) is 3.46. The lowest BCUT2D eigenvalue weighted by Gasteiger charge is -2.13. The first-order valence-corrected chi connectivity index (χ1v) is 9.33. The van der Waals surface area contributed by atoms with Gasteiger partial charge in [-0.05, 0) is 48.4 Å². The molecule has 0 bridgehead atoms. The third-order valence-corrected chi connectivity index (χ3v) is 4.39. The van der Waals surface area contributed by atoms with Gasteiger partial charge in [0.25, 0.3) is 5.91 Å². The molecule has 2 N–H and O–H groups in total. The van der Waals surface area contributed by atoms with E-state index in [2.05, 4.69) is 20.6 Å². The summed E-state index contributed by atoms with van der Waals surface area (Å²) in [5.41, 5.74) is 3.35. The Morgan fingerprint density at radius 3 is 2.45 bits per heavy atom. The highest BCUT2D eigenvalue weighted by Gasteiger charge is 2.08. The molecule has 0 fully saturated rings. The highest BCUT2D eigenvalue weighted by molar-refractivity contribution is 6.03. The molecule has 0 saturated heterocycles. The molecule has 0 aliphatic heterocycles. The third kappa shape index (κ3) is 5.68. The van der Waals surface area contributed by atoms with Crippen LogP contribution in [0.5, 0.6) is 5.75 Å². The number of methoxy groups -OCH3 is 1. The topological polar surface area (TPSA) is 79.4 Å². The lowest BCUT2D eigenvalue weighted by molar-refractivity contribution is 0.102. The average molecular weight is 391 g/mol. The number of benzene rings is 2. The molecule has 2 aromatic carbocycles. The van der Waals surface area contributed by atoms with Crippen LogP contribution < -0.4 is 20.3 Å². The van der Waals surface area contributed by atoms with Crippen molar-refractivity contribution < 1.29 is 9.53 Å². The van der Waals surface area contributed by atoms with Gasteiger partial charge in [0.05, 0.1) is 12.7 Å². The molecule has 3 rings (SSSR count). The van der Waals surface area contributed by atoms with Gasteiger partial charge in [-0.1, -0.05) is 12.1 Å². The van der Waals surface area contributed by atoms with Gasteiger partial charge in [0.15, 0.2) is 0 Å². The first kappa shape index (κ1) is 20.1. The van der Waals surface area contributed by atoms with Crippen molar-refractivity contribution in [3.63, 3.8) is 0 Å². The maximum atomic E-state index is 12.4. The van der Waals surface area contributed by atoms with E-state index in [4.69, 9.17) is 4.74 Å². The Labute approximate surface area is 170 Å². The SMILES string of the molecule is COc1cccc(CCNc2ncc(C(=O)Nc3ccc(N(C)C)cc3)cn2)c1. The summed E-state index contributed by atoms with van der Waals surface area (Å²) < 4.78 is 5.23. The van der Waals surface area contributed by atoms with Gasteiger partial charge in [-0.15, -0.1) is 0 Å². The van der Waals surface area contributed by atoms with Gasteiger partial charge in [-0.2, -0.15) is 0 Å². The first-order chi connectivity index (χ1) is 14.0. The number of hydrogen-bond donors (Lipinski definition) is 2. The Morgan fingerprint density at radius 1 is 1.07 bits per heavy atom. The van der Waals surface area contributed by atoms with Crippen LogP contribution in [0.15, 0.2) is 60.9 Å². The van der Waals surface area contributed by atoms with Crippen molar-refractivity contribution in [2.45, 2.75) is 6.42 Å². The Bertz CT molecular complexity index is 940. The maximum Gasteiger partial charge on any atom is 0.258 e. The van der Waals surface area contributed by atoms with Crippen molar-refractivity contribution in [3.05, 3.63) is 72.1 Å². The number of rotatable bonds is 8. The van der Waals surface area contributed by atoms with Crippen LogP contribution in [0.1, 0.15) is 15.9 Å². The number of nitrogens with zero attached hydrogens (tertiary/aromatic N) is 3. The molecule has 0 spiro atoms. The summed E-state index contributed by atoms with van der Waals surface area (Å²) in [6.07, 6.45) is 3.85. The number of nitrogens with one attached hydrogen (secondary N) is 2. The predicted molar refractivity (Wildman–Crippen MR) is 116 cm³/mol. The smallest absolute Gasteiger partial charge is 0.258 e. The van der Waals surface area contributed by atoms with E-state index in [1.807, 2.05) is 67.5 Å². The second-order valence-electron chi connectivity index (χ2n) is 6.72. The zero-order valence-electron chi connectivity index (χ0n) is 16.8. The van der Waals surface area contributed by atoms with Gasteiger partial charge in [0.2, 0.25) is 5.95 Å². The Balaban J connectivity index is 1.51. The Hall–Kier alpha value is -3.61. The lowest BCUT2D eigenvalue weighted by Crippen LogP contribution is -2.14. The molecule has 29 heavy (non-hydrogen) atoms. The molecule has 0 atom stereocenters. The molecule has 0 aliphatic rings. The van der Waals surface area contributed by atoms with Crippen LogP contribution in [0.2, 0.25) is 0 Å². The molecule has 1 amide bonds. The maximum absolute atomic E-state index is 12.4. The van der Waals surface area contributed by atoms with E-state index in [1.54, 1.807) is 7.11 Å². The van der Waals surface area contributed by atoms with E-state index in [0.717, 1.165) is 29.1 Å². The summed E-state index contributed by atoms with van der Waals surface area (Å²) in [7, 11) is 5.59. The molecule has 150 valence electrons. The minimum atomic E-state index is -0.245. The van der Waals surface area contributed by atoms with Crippen LogP contribution in [-0.4, -0.2) is 43.6 Å². The quantitative estimate of drug-likeness (QED) is 0.612.